The third-order valence-electron chi connectivity index (χ3n) is 3.72. The fourth-order valence-electron chi connectivity index (χ4n) is 1.91. The van der Waals surface area contributed by atoms with Crippen LogP contribution in [-0.2, 0) is 6.54 Å². The van der Waals surface area contributed by atoms with E-state index in [1.807, 2.05) is 0 Å². The van der Waals surface area contributed by atoms with Crippen molar-refractivity contribution in [1.29, 1.82) is 0 Å². The molecule has 2 aromatic carbocycles. The highest BCUT2D eigenvalue weighted by Gasteiger charge is 2.13. The first kappa shape index (κ1) is 16.7. The van der Waals surface area contributed by atoms with E-state index >= 15 is 0 Å². The molecule has 0 spiro atoms. The number of benzene rings is 2. The number of hydrogen-bond donors (Lipinski definition) is 1. The summed E-state index contributed by atoms with van der Waals surface area (Å²) in [5.74, 6) is 0. The molecule has 0 heterocycles. The summed E-state index contributed by atoms with van der Waals surface area (Å²) in [6, 6.07) is 19.3. The molecule has 0 unspecified atom stereocenters. The van der Waals surface area contributed by atoms with Crippen LogP contribution in [0.3, 0.4) is 0 Å². The maximum Gasteiger partial charge on any atom is 0.0210 e. The van der Waals surface area contributed by atoms with Crippen molar-refractivity contribution < 1.29 is 0 Å². The minimum Gasteiger partial charge on any atom is -0.308 e. The maximum atomic E-state index is 3.58. The molecule has 0 fully saturated rings. The average molecular weight is 290 g/mol. The summed E-state index contributed by atoms with van der Waals surface area (Å²) in [4.78, 5) is 0. The summed E-state index contributed by atoms with van der Waals surface area (Å²) >= 11 is 0. The average Bonchev–Trinajstić information content (AvgIpc) is 2.47. The third-order valence-corrected chi connectivity index (χ3v) is 3.72. The van der Waals surface area contributed by atoms with Gasteiger partial charge in [-0.2, -0.15) is 0 Å². The summed E-state index contributed by atoms with van der Waals surface area (Å²) in [7, 11) is 0. The Labute approximate surface area is 128 Å². The summed E-state index contributed by atoms with van der Waals surface area (Å²) < 4.78 is 0. The minimum absolute atomic E-state index is 0. The molecule has 0 atom stereocenters. The van der Waals surface area contributed by atoms with Gasteiger partial charge in [0.1, 0.15) is 0 Å². The normalized spacial score (nSPS) is 10.9. The van der Waals surface area contributed by atoms with Gasteiger partial charge in [-0.3, -0.25) is 0 Å². The van der Waals surface area contributed by atoms with E-state index in [0.717, 1.165) is 13.0 Å². The lowest BCUT2D eigenvalue weighted by Crippen LogP contribution is -2.37. The van der Waals surface area contributed by atoms with Crippen molar-refractivity contribution in [2.45, 2.75) is 39.3 Å². The molecule has 0 bridgehead atoms. The standard InChI is InChI=1S/C18H23N.ClH/c1-4-18(2,3)19-14-15-10-12-17(13-11-15)16-8-6-5-7-9-16;/h5-13,19H,4,14H2,1-3H3;1H. The van der Waals surface area contributed by atoms with Gasteiger partial charge in [0.25, 0.3) is 0 Å². The zero-order valence-corrected chi connectivity index (χ0v) is 13.3. The fourth-order valence-corrected chi connectivity index (χ4v) is 1.91. The third kappa shape index (κ3) is 4.66. The van der Waals surface area contributed by atoms with Crippen molar-refractivity contribution in [3.63, 3.8) is 0 Å². The molecule has 108 valence electrons. The summed E-state index contributed by atoms with van der Waals surface area (Å²) in [5, 5.41) is 3.58. The van der Waals surface area contributed by atoms with Crippen LogP contribution in [0.5, 0.6) is 0 Å². The summed E-state index contributed by atoms with van der Waals surface area (Å²) in [6.07, 6.45) is 1.13. The van der Waals surface area contributed by atoms with Crippen LogP contribution in [-0.4, -0.2) is 5.54 Å². The van der Waals surface area contributed by atoms with Crippen molar-refractivity contribution >= 4 is 12.4 Å². The lowest BCUT2D eigenvalue weighted by molar-refractivity contribution is 0.374. The van der Waals surface area contributed by atoms with E-state index in [9.17, 15) is 0 Å². The Kier molecular flexibility index (Phi) is 6.25. The molecular weight excluding hydrogens is 266 g/mol. The van der Waals surface area contributed by atoms with Crippen molar-refractivity contribution in [2.24, 2.45) is 0 Å². The van der Waals surface area contributed by atoms with Gasteiger partial charge in [-0.25, -0.2) is 0 Å². The van der Waals surface area contributed by atoms with Crippen LogP contribution < -0.4 is 5.32 Å². The lowest BCUT2D eigenvalue weighted by Gasteiger charge is -2.24. The van der Waals surface area contributed by atoms with Crippen LogP contribution in [0, 0.1) is 0 Å². The SMILES string of the molecule is CCC(C)(C)NCc1ccc(-c2ccccc2)cc1.Cl. The first-order valence-corrected chi connectivity index (χ1v) is 7.00. The van der Waals surface area contributed by atoms with Crippen molar-refractivity contribution in [2.75, 3.05) is 0 Å². The quantitative estimate of drug-likeness (QED) is 0.812. The van der Waals surface area contributed by atoms with E-state index in [2.05, 4.69) is 80.7 Å². The van der Waals surface area contributed by atoms with E-state index in [1.165, 1.54) is 16.7 Å². The van der Waals surface area contributed by atoms with E-state index in [4.69, 9.17) is 0 Å². The Morgan fingerprint density at radius 2 is 1.40 bits per heavy atom. The molecule has 1 nitrogen and oxygen atoms in total. The van der Waals surface area contributed by atoms with Gasteiger partial charge in [0.15, 0.2) is 0 Å². The molecule has 2 heteroatoms. The van der Waals surface area contributed by atoms with Gasteiger partial charge < -0.3 is 5.32 Å². The Bertz CT molecular complexity index is 503. The molecule has 0 aliphatic carbocycles. The van der Waals surface area contributed by atoms with Crippen LogP contribution in [0.4, 0.5) is 0 Å². The molecule has 1 N–H and O–H groups in total. The van der Waals surface area contributed by atoms with Crippen LogP contribution in [0.25, 0.3) is 11.1 Å². The smallest absolute Gasteiger partial charge is 0.0210 e. The van der Waals surface area contributed by atoms with E-state index in [1.54, 1.807) is 0 Å². The Morgan fingerprint density at radius 1 is 0.850 bits per heavy atom. The number of nitrogens with one attached hydrogen (secondary N) is 1. The van der Waals surface area contributed by atoms with Crippen LogP contribution in [0.2, 0.25) is 0 Å². The molecule has 2 aromatic rings. The summed E-state index contributed by atoms with van der Waals surface area (Å²) in [5.41, 5.74) is 4.09. The Morgan fingerprint density at radius 3 is 1.95 bits per heavy atom. The minimum atomic E-state index is 0. The van der Waals surface area contributed by atoms with Gasteiger partial charge in [-0.1, -0.05) is 61.5 Å². The number of hydrogen-bond acceptors (Lipinski definition) is 1. The van der Waals surface area contributed by atoms with Crippen molar-refractivity contribution in [3.05, 3.63) is 60.2 Å². The first-order chi connectivity index (χ1) is 9.11. The highest BCUT2D eigenvalue weighted by molar-refractivity contribution is 5.85. The van der Waals surface area contributed by atoms with Gasteiger partial charge in [0, 0.05) is 12.1 Å². The molecule has 0 radical (unpaired) electrons. The Balaban J connectivity index is 0.00000200. The molecule has 0 aliphatic heterocycles. The van der Waals surface area contributed by atoms with Crippen molar-refractivity contribution in [1.82, 2.24) is 5.32 Å². The van der Waals surface area contributed by atoms with Gasteiger partial charge in [-0.05, 0) is 37.0 Å². The largest absolute Gasteiger partial charge is 0.308 e. The lowest BCUT2D eigenvalue weighted by atomic mass is 10.0. The van der Waals surface area contributed by atoms with Gasteiger partial charge in [0.2, 0.25) is 0 Å². The number of halogens is 1. The molecule has 20 heavy (non-hydrogen) atoms. The molecule has 0 amide bonds. The first-order valence-electron chi connectivity index (χ1n) is 7.00. The predicted molar refractivity (Wildman–Crippen MR) is 90.3 cm³/mol. The molecular formula is C18H24ClN. The van der Waals surface area contributed by atoms with Crippen LogP contribution in [0.15, 0.2) is 54.6 Å². The van der Waals surface area contributed by atoms with E-state index in [-0.39, 0.29) is 17.9 Å². The summed E-state index contributed by atoms with van der Waals surface area (Å²) in [6.45, 7) is 7.62. The second-order valence-corrected chi connectivity index (χ2v) is 5.65. The van der Waals surface area contributed by atoms with Gasteiger partial charge in [0.05, 0.1) is 0 Å². The second kappa shape index (κ2) is 7.47. The van der Waals surface area contributed by atoms with Crippen LogP contribution in [0.1, 0.15) is 32.8 Å². The van der Waals surface area contributed by atoms with E-state index in [0.29, 0.717) is 0 Å². The van der Waals surface area contributed by atoms with Gasteiger partial charge in [-0.15, -0.1) is 12.4 Å². The second-order valence-electron chi connectivity index (χ2n) is 5.65. The highest BCUT2D eigenvalue weighted by atomic mass is 35.5. The zero-order chi connectivity index (χ0) is 13.7. The zero-order valence-electron chi connectivity index (χ0n) is 12.5. The maximum absolute atomic E-state index is 3.58. The molecule has 0 aliphatic rings. The van der Waals surface area contributed by atoms with E-state index < -0.39 is 0 Å². The predicted octanol–water partition coefficient (Wildman–Crippen LogP) is 5.05. The molecule has 0 saturated carbocycles. The monoisotopic (exact) mass is 289 g/mol. The van der Waals surface area contributed by atoms with Crippen LogP contribution >= 0.6 is 12.4 Å². The van der Waals surface area contributed by atoms with Gasteiger partial charge >= 0.3 is 0 Å². The topological polar surface area (TPSA) is 12.0 Å². The fraction of sp³-hybridized carbons (Fsp3) is 0.333. The Hall–Kier alpha value is -1.31. The number of rotatable bonds is 5. The van der Waals surface area contributed by atoms with Crippen molar-refractivity contribution in [3.8, 4) is 11.1 Å². The highest BCUT2D eigenvalue weighted by Crippen LogP contribution is 2.19. The molecule has 0 saturated heterocycles. The molecule has 0 aromatic heterocycles. The molecule has 2 rings (SSSR count).